The normalized spacial score (nSPS) is 13.9. The van der Waals surface area contributed by atoms with Crippen molar-refractivity contribution in [2.75, 3.05) is 6.61 Å². The van der Waals surface area contributed by atoms with Crippen LogP contribution >= 0.6 is 28.1 Å². The maximum Gasteiger partial charge on any atom is 0.222 e. The number of nitrogens with zero attached hydrogens (tertiary/aromatic N) is 3. The van der Waals surface area contributed by atoms with Crippen LogP contribution in [0.1, 0.15) is 18.2 Å². The standard InChI is InChI=1S/C21H18BrN3O2S/c1-3-27-16-7-5-15(6-8-16)25-20(26)19(24(2)21(25)28)10-13-12-23-18-9-4-14(22)11-17(13)18/h4-12,26H,3H2,1-2H3. The highest BCUT2D eigenvalue weighted by Crippen LogP contribution is 2.36. The molecular formula is C21H18BrN3O2S. The van der Waals surface area contributed by atoms with Gasteiger partial charge in [0.2, 0.25) is 5.88 Å². The van der Waals surface area contributed by atoms with Gasteiger partial charge in [0.15, 0.2) is 4.77 Å². The van der Waals surface area contributed by atoms with E-state index in [2.05, 4.69) is 20.9 Å². The Kier molecular flexibility index (Phi) is 4.95. The number of aliphatic imine (C=N–C) groups is 1. The number of hydrogen-bond donors (Lipinski definition) is 1. The molecule has 0 saturated heterocycles. The number of fused-ring (bicyclic) bond motifs is 1. The summed E-state index contributed by atoms with van der Waals surface area (Å²) in [7, 11) is 1.84. The lowest BCUT2D eigenvalue weighted by molar-refractivity contribution is 0.340. The second-order valence-electron chi connectivity index (χ2n) is 6.33. The minimum Gasteiger partial charge on any atom is -0.494 e. The summed E-state index contributed by atoms with van der Waals surface area (Å²) < 4.78 is 10.4. The number of aromatic nitrogens is 2. The van der Waals surface area contributed by atoms with Crippen molar-refractivity contribution in [3.05, 3.63) is 63.0 Å². The lowest BCUT2D eigenvalue weighted by Gasteiger charge is -2.07. The van der Waals surface area contributed by atoms with E-state index in [9.17, 15) is 5.11 Å². The number of rotatable bonds is 4. The fraction of sp³-hybridized carbons (Fsp3) is 0.143. The molecule has 0 bridgehead atoms. The lowest BCUT2D eigenvalue weighted by Crippen LogP contribution is -1.97. The van der Waals surface area contributed by atoms with Gasteiger partial charge in [0.25, 0.3) is 0 Å². The van der Waals surface area contributed by atoms with Crippen LogP contribution in [0, 0.1) is 4.77 Å². The van der Waals surface area contributed by atoms with Gasteiger partial charge in [-0.25, -0.2) is 0 Å². The molecule has 4 rings (SSSR count). The average molecular weight is 456 g/mol. The van der Waals surface area contributed by atoms with E-state index < -0.39 is 0 Å². The van der Waals surface area contributed by atoms with Gasteiger partial charge in [0.1, 0.15) is 11.4 Å². The van der Waals surface area contributed by atoms with Crippen LogP contribution in [-0.4, -0.2) is 27.1 Å². The van der Waals surface area contributed by atoms with Crippen LogP contribution in [-0.2, 0) is 7.05 Å². The van der Waals surface area contributed by atoms with Crippen molar-refractivity contribution in [1.82, 2.24) is 9.13 Å². The summed E-state index contributed by atoms with van der Waals surface area (Å²) in [6.07, 6.45) is 3.70. The van der Waals surface area contributed by atoms with Crippen LogP contribution in [0.25, 0.3) is 17.3 Å². The molecule has 5 nitrogen and oxygen atoms in total. The molecule has 0 atom stereocenters. The topological polar surface area (TPSA) is 51.7 Å². The molecule has 1 aromatic heterocycles. The fourth-order valence-corrected chi connectivity index (χ4v) is 3.83. The van der Waals surface area contributed by atoms with Crippen molar-refractivity contribution >= 4 is 51.7 Å². The molecular weight excluding hydrogens is 438 g/mol. The van der Waals surface area contributed by atoms with Crippen LogP contribution in [0.15, 0.2) is 51.9 Å². The van der Waals surface area contributed by atoms with Crippen LogP contribution in [0.3, 0.4) is 0 Å². The third-order valence-corrected chi connectivity index (χ3v) is 5.54. The zero-order chi connectivity index (χ0) is 19.8. The summed E-state index contributed by atoms with van der Waals surface area (Å²) >= 11 is 9.07. The van der Waals surface area contributed by atoms with Crippen molar-refractivity contribution in [3.8, 4) is 17.3 Å². The van der Waals surface area contributed by atoms with Crippen molar-refractivity contribution in [1.29, 1.82) is 0 Å². The molecule has 1 N–H and O–H groups in total. The van der Waals surface area contributed by atoms with E-state index in [-0.39, 0.29) is 5.88 Å². The highest BCUT2D eigenvalue weighted by Gasteiger charge is 2.18. The molecule has 3 aromatic rings. The molecule has 2 heterocycles. The quantitative estimate of drug-likeness (QED) is 0.515. The first-order chi connectivity index (χ1) is 13.5. The zero-order valence-electron chi connectivity index (χ0n) is 15.4. The Morgan fingerprint density at radius 3 is 2.68 bits per heavy atom. The largest absolute Gasteiger partial charge is 0.494 e. The van der Waals surface area contributed by atoms with Crippen molar-refractivity contribution < 1.29 is 9.84 Å². The number of allylic oxidation sites excluding steroid dienone is 1. The molecule has 0 spiro atoms. The van der Waals surface area contributed by atoms with Crippen LogP contribution < -0.4 is 4.74 Å². The van der Waals surface area contributed by atoms with E-state index in [1.165, 1.54) is 0 Å². The molecule has 142 valence electrons. The van der Waals surface area contributed by atoms with Gasteiger partial charge in [-0.1, -0.05) is 15.9 Å². The number of hydrogen-bond acceptors (Lipinski definition) is 4. The summed E-state index contributed by atoms with van der Waals surface area (Å²) in [5.74, 6) is 0.862. The van der Waals surface area contributed by atoms with Gasteiger partial charge in [-0.3, -0.25) is 9.56 Å². The maximum absolute atomic E-state index is 10.9. The highest BCUT2D eigenvalue weighted by molar-refractivity contribution is 9.10. The van der Waals surface area contributed by atoms with Crippen LogP contribution in [0.5, 0.6) is 11.6 Å². The number of aromatic hydroxyl groups is 1. The molecule has 0 aliphatic carbocycles. The molecule has 1 aliphatic heterocycles. The predicted molar refractivity (Wildman–Crippen MR) is 119 cm³/mol. The smallest absolute Gasteiger partial charge is 0.222 e. The Bertz CT molecular complexity index is 1170. The molecule has 0 fully saturated rings. The molecule has 7 heteroatoms. The molecule has 2 aromatic carbocycles. The van der Waals surface area contributed by atoms with Crippen molar-refractivity contribution in [2.24, 2.45) is 12.0 Å². The number of benzene rings is 2. The molecule has 0 amide bonds. The summed E-state index contributed by atoms with van der Waals surface area (Å²) in [6, 6.07) is 13.4. The number of imidazole rings is 1. The summed E-state index contributed by atoms with van der Waals surface area (Å²) in [4.78, 5) is 4.44. The zero-order valence-corrected chi connectivity index (χ0v) is 17.8. The van der Waals surface area contributed by atoms with Gasteiger partial charge in [-0.2, -0.15) is 0 Å². The summed E-state index contributed by atoms with van der Waals surface area (Å²) in [6.45, 7) is 2.54. The number of halogens is 1. The summed E-state index contributed by atoms with van der Waals surface area (Å²) in [5, 5.41) is 10.9. The minimum absolute atomic E-state index is 0.0843. The molecule has 0 unspecified atom stereocenters. The van der Waals surface area contributed by atoms with Gasteiger partial charge in [-0.05, 0) is 67.7 Å². The van der Waals surface area contributed by atoms with Gasteiger partial charge >= 0.3 is 0 Å². The fourth-order valence-electron chi connectivity index (χ4n) is 3.18. The van der Waals surface area contributed by atoms with Gasteiger partial charge in [0.05, 0.1) is 18.0 Å². The minimum atomic E-state index is 0.0843. The van der Waals surface area contributed by atoms with Crippen LogP contribution in [0.4, 0.5) is 5.69 Å². The first-order valence-electron chi connectivity index (χ1n) is 8.79. The Hall–Kier alpha value is -2.64. The third kappa shape index (κ3) is 3.21. The molecule has 0 saturated carbocycles. The Balaban J connectivity index is 1.79. The van der Waals surface area contributed by atoms with E-state index in [1.54, 1.807) is 15.3 Å². The molecule has 1 aliphatic rings. The first-order valence-corrected chi connectivity index (χ1v) is 9.99. The van der Waals surface area contributed by atoms with E-state index in [0.717, 1.165) is 32.7 Å². The van der Waals surface area contributed by atoms with Gasteiger partial charge in [-0.15, -0.1) is 0 Å². The van der Waals surface area contributed by atoms with Crippen LogP contribution in [0.2, 0.25) is 0 Å². The summed E-state index contributed by atoms with van der Waals surface area (Å²) in [5.41, 5.74) is 4.22. The van der Waals surface area contributed by atoms with E-state index in [4.69, 9.17) is 17.0 Å². The monoisotopic (exact) mass is 455 g/mol. The molecule has 0 radical (unpaired) electrons. The van der Waals surface area contributed by atoms with E-state index in [1.807, 2.05) is 62.5 Å². The highest BCUT2D eigenvalue weighted by atomic mass is 79.9. The number of ether oxygens (including phenoxy) is 1. The van der Waals surface area contributed by atoms with Gasteiger partial charge in [0, 0.05) is 28.9 Å². The lowest BCUT2D eigenvalue weighted by atomic mass is 10.1. The maximum atomic E-state index is 10.9. The van der Waals surface area contributed by atoms with E-state index in [0.29, 0.717) is 17.1 Å². The predicted octanol–water partition coefficient (Wildman–Crippen LogP) is 5.67. The van der Waals surface area contributed by atoms with Gasteiger partial charge < -0.3 is 14.4 Å². The SMILES string of the molecule is CCOc1ccc(-n2c(O)c(C=C3C=Nc4ccc(Br)cc43)n(C)c2=S)cc1. The van der Waals surface area contributed by atoms with Crippen molar-refractivity contribution in [3.63, 3.8) is 0 Å². The molecule has 28 heavy (non-hydrogen) atoms. The second-order valence-corrected chi connectivity index (χ2v) is 7.61. The Morgan fingerprint density at radius 1 is 1.21 bits per heavy atom. The Morgan fingerprint density at radius 2 is 1.96 bits per heavy atom. The van der Waals surface area contributed by atoms with E-state index >= 15 is 0 Å². The first kappa shape index (κ1) is 18.7. The average Bonchev–Trinajstić information content (AvgIpc) is 3.17. The Labute approximate surface area is 176 Å². The second kappa shape index (κ2) is 7.41. The van der Waals surface area contributed by atoms with Crippen molar-refractivity contribution in [2.45, 2.75) is 6.92 Å². The third-order valence-electron chi connectivity index (χ3n) is 4.59.